The fourth-order valence-corrected chi connectivity index (χ4v) is 4.57. The molecule has 1 amide bonds. The number of carbonyl (C=O) groups excluding carboxylic acids is 1. The van der Waals surface area contributed by atoms with Crippen LogP contribution in [0.1, 0.15) is 17.3 Å². The van der Waals surface area contributed by atoms with Crippen molar-refractivity contribution in [1.82, 2.24) is 9.88 Å². The Bertz CT molecular complexity index is 1160. The minimum Gasteiger partial charge on any atom is -0.492 e. The molecule has 0 N–H and O–H groups in total. The first kappa shape index (κ1) is 25.1. The number of anilines is 1. The van der Waals surface area contributed by atoms with Crippen molar-refractivity contribution < 1.29 is 17.9 Å². The van der Waals surface area contributed by atoms with E-state index in [4.69, 9.17) is 4.74 Å². The third-order valence-corrected chi connectivity index (χ3v) is 6.58. The summed E-state index contributed by atoms with van der Waals surface area (Å²) < 4.78 is 30.4. The Balaban J connectivity index is 0.00000341. The smallest absolute Gasteiger partial charge is 0.260 e. The van der Waals surface area contributed by atoms with E-state index in [1.54, 1.807) is 17.0 Å². The lowest BCUT2D eigenvalue weighted by molar-refractivity contribution is 0.0985. The number of nitrogens with zero attached hydrogens (tertiary/aromatic N) is 3. The van der Waals surface area contributed by atoms with Crippen LogP contribution in [0.5, 0.6) is 5.75 Å². The van der Waals surface area contributed by atoms with Crippen LogP contribution in [0.3, 0.4) is 0 Å². The Hall–Kier alpha value is -2.20. The van der Waals surface area contributed by atoms with Gasteiger partial charge in [-0.2, -0.15) is 0 Å². The fourth-order valence-electron chi connectivity index (χ4n) is 2.90. The number of hydrogen-bond donors (Lipinski definition) is 0. The highest BCUT2D eigenvalue weighted by Gasteiger charge is 2.23. The number of likely N-dealkylation sites (N-methyl/N-ethyl adjacent to an activating group) is 1. The van der Waals surface area contributed by atoms with E-state index in [0.29, 0.717) is 41.7 Å². The van der Waals surface area contributed by atoms with Gasteiger partial charge in [-0.1, -0.05) is 23.5 Å². The zero-order valence-electron chi connectivity index (χ0n) is 17.9. The first-order valence-corrected chi connectivity index (χ1v) is 12.2. The quantitative estimate of drug-likeness (QED) is 0.485. The van der Waals surface area contributed by atoms with E-state index in [0.717, 1.165) is 11.0 Å². The number of amides is 1. The molecule has 0 radical (unpaired) electrons. The van der Waals surface area contributed by atoms with Crippen LogP contribution in [0.25, 0.3) is 10.2 Å². The van der Waals surface area contributed by atoms with Crippen molar-refractivity contribution in [3.63, 3.8) is 0 Å². The molecule has 0 saturated heterocycles. The number of benzene rings is 2. The number of ether oxygens (including phenoxy) is 1. The van der Waals surface area contributed by atoms with E-state index in [1.807, 2.05) is 44.1 Å². The third-order valence-electron chi connectivity index (χ3n) is 4.43. The summed E-state index contributed by atoms with van der Waals surface area (Å²) in [6.07, 6.45) is 1.13. The Kier molecular flexibility index (Phi) is 8.41. The van der Waals surface area contributed by atoms with Crippen LogP contribution in [-0.4, -0.2) is 64.3 Å². The normalized spacial score (nSPS) is 11.4. The van der Waals surface area contributed by atoms with Gasteiger partial charge >= 0.3 is 0 Å². The first-order chi connectivity index (χ1) is 14.2. The number of halogens is 1. The number of hydrogen-bond acceptors (Lipinski definition) is 7. The van der Waals surface area contributed by atoms with Gasteiger partial charge < -0.3 is 9.64 Å². The van der Waals surface area contributed by atoms with Crippen molar-refractivity contribution in [2.24, 2.45) is 0 Å². The maximum atomic E-state index is 13.4. The van der Waals surface area contributed by atoms with Gasteiger partial charge in [0, 0.05) is 24.9 Å². The fraction of sp³-hybridized carbons (Fsp3) is 0.333. The Morgan fingerprint density at radius 3 is 2.48 bits per heavy atom. The summed E-state index contributed by atoms with van der Waals surface area (Å²) in [5, 5.41) is 0.550. The third kappa shape index (κ3) is 5.94. The zero-order chi connectivity index (χ0) is 21.9. The van der Waals surface area contributed by atoms with Crippen molar-refractivity contribution >= 4 is 54.8 Å². The van der Waals surface area contributed by atoms with Crippen molar-refractivity contribution in [2.75, 3.05) is 44.9 Å². The molecule has 31 heavy (non-hydrogen) atoms. The zero-order valence-corrected chi connectivity index (χ0v) is 20.3. The highest BCUT2D eigenvalue weighted by atomic mass is 35.5. The van der Waals surface area contributed by atoms with E-state index in [1.165, 1.54) is 23.5 Å². The molecule has 1 heterocycles. The van der Waals surface area contributed by atoms with Crippen molar-refractivity contribution in [2.45, 2.75) is 11.8 Å². The van der Waals surface area contributed by atoms with Crippen molar-refractivity contribution in [1.29, 1.82) is 0 Å². The highest BCUT2D eigenvalue weighted by Crippen LogP contribution is 2.34. The summed E-state index contributed by atoms with van der Waals surface area (Å²) in [6.45, 7) is 3.48. The van der Waals surface area contributed by atoms with Gasteiger partial charge in [0.2, 0.25) is 0 Å². The van der Waals surface area contributed by atoms with Gasteiger partial charge in [-0.25, -0.2) is 13.4 Å². The van der Waals surface area contributed by atoms with E-state index in [9.17, 15) is 13.2 Å². The van der Waals surface area contributed by atoms with Crippen molar-refractivity contribution in [3.05, 3.63) is 48.0 Å². The highest BCUT2D eigenvalue weighted by molar-refractivity contribution is 7.90. The standard InChI is InChI=1S/C21H25N3O4S2.ClH/c1-5-28-17-10-7-11-18-19(17)22-21(29-18)24(13-12-23(2)3)20(25)15-8-6-9-16(14-15)30(4,26)27;/h6-11,14H,5,12-13H2,1-4H3;1H. The van der Waals surface area contributed by atoms with Gasteiger partial charge in [0.25, 0.3) is 5.91 Å². The molecular formula is C21H26ClN3O4S2. The van der Waals surface area contributed by atoms with Crippen LogP contribution < -0.4 is 9.64 Å². The minimum atomic E-state index is -3.42. The lowest BCUT2D eigenvalue weighted by Crippen LogP contribution is -2.36. The molecule has 2 aromatic carbocycles. The van der Waals surface area contributed by atoms with Crippen LogP contribution >= 0.6 is 23.7 Å². The Morgan fingerprint density at radius 1 is 1.13 bits per heavy atom. The first-order valence-electron chi connectivity index (χ1n) is 9.49. The van der Waals surface area contributed by atoms with E-state index in [-0.39, 0.29) is 23.2 Å². The lowest BCUT2D eigenvalue weighted by atomic mass is 10.2. The number of fused-ring (bicyclic) bond motifs is 1. The summed E-state index contributed by atoms with van der Waals surface area (Å²) in [4.78, 5) is 21.8. The molecule has 0 atom stereocenters. The van der Waals surface area contributed by atoms with E-state index >= 15 is 0 Å². The number of sulfone groups is 1. The van der Waals surface area contributed by atoms with Crippen molar-refractivity contribution in [3.8, 4) is 5.75 Å². The molecule has 168 valence electrons. The number of aromatic nitrogens is 1. The average Bonchev–Trinajstić information content (AvgIpc) is 3.12. The second kappa shape index (κ2) is 10.4. The van der Waals surface area contributed by atoms with E-state index < -0.39 is 9.84 Å². The Labute approximate surface area is 193 Å². The van der Waals surface area contributed by atoms with Gasteiger partial charge in [-0.05, 0) is 51.4 Å². The number of para-hydroxylation sites is 1. The second-order valence-electron chi connectivity index (χ2n) is 7.09. The molecule has 0 unspecified atom stereocenters. The molecule has 0 aliphatic heterocycles. The molecule has 3 rings (SSSR count). The summed E-state index contributed by atoms with van der Waals surface area (Å²) in [6, 6.07) is 11.8. The maximum absolute atomic E-state index is 13.4. The SMILES string of the molecule is CCOc1cccc2sc(N(CCN(C)C)C(=O)c3cccc(S(C)(=O)=O)c3)nc12.Cl. The molecule has 7 nitrogen and oxygen atoms in total. The van der Waals surface area contributed by atoms with Gasteiger partial charge in [-0.15, -0.1) is 12.4 Å². The molecule has 0 aliphatic rings. The molecule has 0 fully saturated rings. The van der Waals surface area contributed by atoms with E-state index in [2.05, 4.69) is 4.98 Å². The Morgan fingerprint density at radius 2 is 1.84 bits per heavy atom. The lowest BCUT2D eigenvalue weighted by Gasteiger charge is -2.22. The predicted octanol–water partition coefficient (Wildman–Crippen LogP) is 3.73. The van der Waals surface area contributed by atoms with Gasteiger partial charge in [-0.3, -0.25) is 9.69 Å². The van der Waals surface area contributed by atoms with Crippen LogP contribution in [0.2, 0.25) is 0 Å². The number of carbonyl (C=O) groups is 1. The molecule has 0 bridgehead atoms. The summed E-state index contributed by atoms with van der Waals surface area (Å²) in [7, 11) is 0.442. The summed E-state index contributed by atoms with van der Waals surface area (Å²) in [5.41, 5.74) is 1.02. The van der Waals surface area contributed by atoms with Crippen LogP contribution in [0, 0.1) is 0 Å². The van der Waals surface area contributed by atoms with Crippen LogP contribution in [0.15, 0.2) is 47.4 Å². The molecule has 3 aromatic rings. The predicted molar refractivity (Wildman–Crippen MR) is 128 cm³/mol. The second-order valence-corrected chi connectivity index (χ2v) is 10.1. The molecule has 0 spiro atoms. The van der Waals surface area contributed by atoms with Gasteiger partial charge in [0.15, 0.2) is 15.0 Å². The monoisotopic (exact) mass is 483 g/mol. The largest absolute Gasteiger partial charge is 0.492 e. The molecule has 0 aliphatic carbocycles. The molecular weight excluding hydrogens is 458 g/mol. The summed E-state index contributed by atoms with van der Waals surface area (Å²) in [5.74, 6) is 0.385. The number of rotatable bonds is 8. The maximum Gasteiger partial charge on any atom is 0.260 e. The average molecular weight is 484 g/mol. The topological polar surface area (TPSA) is 79.8 Å². The van der Waals surface area contributed by atoms with Gasteiger partial charge in [0.1, 0.15) is 11.3 Å². The van der Waals surface area contributed by atoms with Crippen LogP contribution in [-0.2, 0) is 9.84 Å². The molecule has 10 heteroatoms. The van der Waals surface area contributed by atoms with Crippen LogP contribution in [0.4, 0.5) is 5.13 Å². The number of thiazole rings is 1. The summed E-state index contributed by atoms with van der Waals surface area (Å²) >= 11 is 1.41. The minimum absolute atomic E-state index is 0. The molecule has 1 aromatic heterocycles. The van der Waals surface area contributed by atoms with Gasteiger partial charge in [0.05, 0.1) is 16.2 Å². The molecule has 0 saturated carbocycles.